The highest BCUT2D eigenvalue weighted by molar-refractivity contribution is 5.97. The van der Waals surface area contributed by atoms with Crippen molar-refractivity contribution in [2.45, 2.75) is 6.04 Å². The van der Waals surface area contributed by atoms with Gasteiger partial charge >= 0.3 is 0 Å². The van der Waals surface area contributed by atoms with Gasteiger partial charge in [-0.05, 0) is 17.7 Å². The third-order valence-corrected chi connectivity index (χ3v) is 4.13. The SMILES string of the molecule is CNC(=O)CNCC(=O)N1c2ccccc2OC[C@H]1c1ccccc1. The molecule has 0 saturated carbocycles. The molecule has 0 spiro atoms. The second-order valence-electron chi connectivity index (χ2n) is 5.75. The highest BCUT2D eigenvalue weighted by Gasteiger charge is 2.32. The van der Waals surface area contributed by atoms with Gasteiger partial charge in [-0.3, -0.25) is 19.8 Å². The third-order valence-electron chi connectivity index (χ3n) is 4.13. The van der Waals surface area contributed by atoms with Crippen molar-refractivity contribution in [3.05, 3.63) is 60.2 Å². The van der Waals surface area contributed by atoms with Crippen LogP contribution in [0.4, 0.5) is 5.69 Å². The molecule has 1 heterocycles. The van der Waals surface area contributed by atoms with Crippen LogP contribution in [0.1, 0.15) is 11.6 Å². The number of nitrogens with one attached hydrogen (secondary N) is 2. The number of hydrogen-bond donors (Lipinski definition) is 2. The van der Waals surface area contributed by atoms with Gasteiger partial charge in [-0.25, -0.2) is 0 Å². The topological polar surface area (TPSA) is 70.7 Å². The van der Waals surface area contributed by atoms with Crippen LogP contribution >= 0.6 is 0 Å². The van der Waals surface area contributed by atoms with E-state index in [1.54, 1.807) is 11.9 Å². The Hall–Kier alpha value is -2.86. The maximum absolute atomic E-state index is 12.9. The average molecular weight is 339 g/mol. The summed E-state index contributed by atoms with van der Waals surface area (Å²) in [5, 5.41) is 5.41. The van der Waals surface area contributed by atoms with Crippen LogP contribution in [-0.2, 0) is 9.59 Å². The lowest BCUT2D eigenvalue weighted by atomic mass is 10.0. The summed E-state index contributed by atoms with van der Waals surface area (Å²) in [6.45, 7) is 0.567. The average Bonchev–Trinajstić information content (AvgIpc) is 2.67. The molecule has 0 saturated heterocycles. The number of rotatable bonds is 5. The molecule has 0 aromatic heterocycles. The Morgan fingerprint density at radius 1 is 1.08 bits per heavy atom. The fraction of sp³-hybridized carbons (Fsp3) is 0.263. The van der Waals surface area contributed by atoms with Crippen molar-refractivity contribution in [2.75, 3.05) is 31.6 Å². The van der Waals surface area contributed by atoms with Crippen LogP contribution in [0, 0.1) is 0 Å². The van der Waals surface area contributed by atoms with Gasteiger partial charge in [0.1, 0.15) is 12.4 Å². The lowest BCUT2D eigenvalue weighted by Crippen LogP contribution is -2.46. The summed E-state index contributed by atoms with van der Waals surface area (Å²) in [5.41, 5.74) is 1.76. The maximum Gasteiger partial charge on any atom is 0.241 e. The zero-order valence-electron chi connectivity index (χ0n) is 14.1. The summed E-state index contributed by atoms with van der Waals surface area (Å²) in [6.07, 6.45) is 0. The van der Waals surface area contributed by atoms with Gasteiger partial charge < -0.3 is 10.1 Å². The molecule has 0 unspecified atom stereocenters. The van der Waals surface area contributed by atoms with E-state index >= 15 is 0 Å². The summed E-state index contributed by atoms with van der Waals surface area (Å²) in [4.78, 5) is 26.0. The van der Waals surface area contributed by atoms with Crippen molar-refractivity contribution in [3.8, 4) is 5.75 Å². The first-order valence-corrected chi connectivity index (χ1v) is 8.21. The highest BCUT2D eigenvalue weighted by Crippen LogP contribution is 2.39. The second kappa shape index (κ2) is 7.81. The molecule has 25 heavy (non-hydrogen) atoms. The van der Waals surface area contributed by atoms with E-state index in [2.05, 4.69) is 10.6 Å². The predicted octanol–water partition coefficient (Wildman–Crippen LogP) is 1.49. The second-order valence-corrected chi connectivity index (χ2v) is 5.75. The number of amides is 2. The smallest absolute Gasteiger partial charge is 0.241 e. The molecule has 2 N–H and O–H groups in total. The molecule has 1 atom stereocenters. The van der Waals surface area contributed by atoms with Crippen molar-refractivity contribution in [3.63, 3.8) is 0 Å². The van der Waals surface area contributed by atoms with E-state index in [9.17, 15) is 9.59 Å². The molecule has 6 nitrogen and oxygen atoms in total. The minimum atomic E-state index is -0.203. The third kappa shape index (κ3) is 3.80. The Bertz CT molecular complexity index is 749. The largest absolute Gasteiger partial charge is 0.489 e. The Labute approximate surface area is 146 Å². The first-order chi connectivity index (χ1) is 12.2. The van der Waals surface area contributed by atoms with Gasteiger partial charge in [0.25, 0.3) is 0 Å². The minimum absolute atomic E-state index is 0.0745. The summed E-state index contributed by atoms with van der Waals surface area (Å²) < 4.78 is 5.85. The van der Waals surface area contributed by atoms with Crippen molar-refractivity contribution >= 4 is 17.5 Å². The van der Waals surface area contributed by atoms with Crippen LogP contribution in [0.3, 0.4) is 0 Å². The zero-order valence-corrected chi connectivity index (χ0v) is 14.1. The molecule has 1 aliphatic rings. The Kier molecular flexibility index (Phi) is 5.30. The molecule has 0 bridgehead atoms. The van der Waals surface area contributed by atoms with Crippen LogP contribution in [0.25, 0.3) is 0 Å². The molecule has 2 amide bonds. The van der Waals surface area contributed by atoms with Crippen LogP contribution in [0.2, 0.25) is 0 Å². The molecule has 6 heteroatoms. The molecule has 2 aromatic rings. The van der Waals surface area contributed by atoms with Crippen LogP contribution in [0.15, 0.2) is 54.6 Å². The van der Waals surface area contributed by atoms with Crippen LogP contribution < -0.4 is 20.3 Å². The Morgan fingerprint density at radius 2 is 1.80 bits per heavy atom. The van der Waals surface area contributed by atoms with E-state index in [-0.39, 0.29) is 30.9 Å². The molecular weight excluding hydrogens is 318 g/mol. The highest BCUT2D eigenvalue weighted by atomic mass is 16.5. The van der Waals surface area contributed by atoms with E-state index in [1.807, 2.05) is 54.6 Å². The van der Waals surface area contributed by atoms with Gasteiger partial charge in [0.15, 0.2) is 0 Å². The van der Waals surface area contributed by atoms with Gasteiger partial charge in [0, 0.05) is 7.05 Å². The van der Waals surface area contributed by atoms with Crippen LogP contribution in [0.5, 0.6) is 5.75 Å². The molecular formula is C19H21N3O3. The number of hydrogen-bond acceptors (Lipinski definition) is 4. The number of fused-ring (bicyclic) bond motifs is 1. The van der Waals surface area contributed by atoms with E-state index in [0.29, 0.717) is 12.4 Å². The van der Waals surface area contributed by atoms with Crippen molar-refractivity contribution < 1.29 is 14.3 Å². The molecule has 3 rings (SSSR count). The molecule has 1 aliphatic heterocycles. The lowest BCUT2D eigenvalue weighted by Gasteiger charge is -2.37. The summed E-state index contributed by atoms with van der Waals surface area (Å²) in [7, 11) is 1.56. The normalized spacial score (nSPS) is 15.9. The number of nitrogens with zero attached hydrogens (tertiary/aromatic N) is 1. The van der Waals surface area contributed by atoms with E-state index in [1.165, 1.54) is 0 Å². The number of ether oxygens (including phenoxy) is 1. The maximum atomic E-state index is 12.9. The number of likely N-dealkylation sites (N-methyl/N-ethyl adjacent to an activating group) is 1. The van der Waals surface area contributed by atoms with Gasteiger partial charge in [0.2, 0.25) is 11.8 Å². The van der Waals surface area contributed by atoms with Gasteiger partial charge in [-0.15, -0.1) is 0 Å². The van der Waals surface area contributed by atoms with E-state index in [4.69, 9.17) is 4.74 Å². The number of carbonyl (C=O) groups excluding carboxylic acids is 2. The lowest BCUT2D eigenvalue weighted by molar-refractivity contribution is -0.120. The van der Waals surface area contributed by atoms with Crippen molar-refractivity contribution in [1.29, 1.82) is 0 Å². The number of benzene rings is 2. The quantitative estimate of drug-likeness (QED) is 0.866. The zero-order chi connectivity index (χ0) is 17.6. The number of para-hydroxylation sites is 2. The molecule has 2 aromatic carbocycles. The first kappa shape index (κ1) is 17.0. The first-order valence-electron chi connectivity index (χ1n) is 8.21. The minimum Gasteiger partial charge on any atom is -0.489 e. The van der Waals surface area contributed by atoms with Crippen LogP contribution in [-0.4, -0.2) is 38.6 Å². The monoisotopic (exact) mass is 339 g/mol. The molecule has 0 radical (unpaired) electrons. The van der Waals surface area contributed by atoms with E-state index < -0.39 is 0 Å². The number of carbonyl (C=O) groups is 2. The summed E-state index contributed by atoms with van der Waals surface area (Å²) in [5.74, 6) is 0.428. The Balaban J connectivity index is 1.84. The predicted molar refractivity (Wildman–Crippen MR) is 95.5 cm³/mol. The van der Waals surface area contributed by atoms with Crippen molar-refractivity contribution in [2.24, 2.45) is 0 Å². The van der Waals surface area contributed by atoms with Crippen molar-refractivity contribution in [1.82, 2.24) is 10.6 Å². The number of anilines is 1. The fourth-order valence-electron chi connectivity index (χ4n) is 2.87. The molecule has 0 aliphatic carbocycles. The molecule has 130 valence electrons. The van der Waals surface area contributed by atoms with Gasteiger partial charge in [0.05, 0.1) is 24.8 Å². The van der Waals surface area contributed by atoms with Gasteiger partial charge in [-0.1, -0.05) is 42.5 Å². The fourth-order valence-corrected chi connectivity index (χ4v) is 2.87. The standard InChI is InChI=1S/C19H21N3O3/c1-20-18(23)11-21-12-19(24)22-15-9-5-6-10-17(15)25-13-16(22)14-7-3-2-4-8-14/h2-10,16,21H,11-13H2,1H3,(H,20,23)/t16-/m0/s1. The summed E-state index contributed by atoms with van der Waals surface area (Å²) in [6, 6.07) is 17.1. The molecule has 0 fully saturated rings. The Morgan fingerprint density at radius 3 is 2.56 bits per heavy atom. The van der Waals surface area contributed by atoms with Gasteiger partial charge in [-0.2, -0.15) is 0 Å². The van der Waals surface area contributed by atoms with E-state index in [0.717, 1.165) is 11.3 Å². The summed E-state index contributed by atoms with van der Waals surface area (Å²) >= 11 is 0.